The average Bonchev–Trinajstić information content (AvgIpc) is 2.43. The number of ether oxygens (including phenoxy) is 1. The first-order valence-corrected chi connectivity index (χ1v) is 9.70. The Bertz CT molecular complexity index is 210. The molecule has 0 aromatic carbocycles. The maximum atomic E-state index is 10.4. The fourth-order valence-electron chi connectivity index (χ4n) is 2.22. The van der Waals surface area contributed by atoms with E-state index >= 15 is 0 Å². The highest BCUT2D eigenvalue weighted by molar-refractivity contribution is 7.79. The molecule has 3 nitrogen and oxygen atoms in total. The molecule has 0 bridgehead atoms. The lowest BCUT2D eigenvalue weighted by molar-refractivity contribution is 0.127. The summed E-state index contributed by atoms with van der Waals surface area (Å²) >= 11 is -1.64. The van der Waals surface area contributed by atoms with Crippen LogP contribution in [0.4, 0.5) is 0 Å². The van der Waals surface area contributed by atoms with E-state index in [1.807, 2.05) is 0 Å². The molecular formula is C16H34O3S. The lowest BCUT2D eigenvalue weighted by Crippen LogP contribution is -2.00. The molecule has 122 valence electrons. The van der Waals surface area contributed by atoms with Gasteiger partial charge in [0.05, 0.1) is 0 Å². The zero-order chi connectivity index (χ0) is 14.9. The first-order valence-electron chi connectivity index (χ1n) is 8.42. The molecule has 0 radical (unpaired) electrons. The minimum absolute atomic E-state index is 0.377. The van der Waals surface area contributed by atoms with Gasteiger partial charge >= 0.3 is 0 Å². The molecule has 0 amide bonds. The van der Waals surface area contributed by atoms with Gasteiger partial charge in [0.25, 0.3) is 0 Å². The van der Waals surface area contributed by atoms with Gasteiger partial charge in [-0.05, 0) is 19.3 Å². The first kappa shape index (κ1) is 20.1. The zero-order valence-electron chi connectivity index (χ0n) is 13.3. The Morgan fingerprint density at radius 3 is 1.70 bits per heavy atom. The van der Waals surface area contributed by atoms with Crippen LogP contribution in [-0.4, -0.2) is 27.7 Å². The zero-order valence-corrected chi connectivity index (χ0v) is 14.1. The van der Waals surface area contributed by atoms with Gasteiger partial charge < -0.3 is 9.29 Å². The van der Waals surface area contributed by atoms with Crippen LogP contribution in [0.2, 0.25) is 0 Å². The highest BCUT2D eigenvalue weighted by atomic mass is 32.2. The summed E-state index contributed by atoms with van der Waals surface area (Å²) in [6, 6.07) is 0. The van der Waals surface area contributed by atoms with E-state index in [2.05, 4.69) is 6.92 Å². The van der Waals surface area contributed by atoms with E-state index in [-0.39, 0.29) is 0 Å². The van der Waals surface area contributed by atoms with Crippen molar-refractivity contribution < 1.29 is 13.5 Å². The van der Waals surface area contributed by atoms with E-state index < -0.39 is 11.1 Å². The summed E-state index contributed by atoms with van der Waals surface area (Å²) < 4.78 is 24.5. The van der Waals surface area contributed by atoms with Crippen molar-refractivity contribution in [3.05, 3.63) is 0 Å². The summed E-state index contributed by atoms with van der Waals surface area (Å²) in [6.07, 6.45) is 15.1. The fraction of sp³-hybridized carbons (Fsp3) is 1.00. The molecule has 4 heteroatoms. The Morgan fingerprint density at radius 2 is 1.20 bits per heavy atom. The van der Waals surface area contributed by atoms with E-state index in [1.165, 1.54) is 57.8 Å². The molecule has 20 heavy (non-hydrogen) atoms. The van der Waals surface area contributed by atoms with Gasteiger partial charge in [-0.2, -0.15) is 0 Å². The van der Waals surface area contributed by atoms with E-state index in [1.54, 1.807) is 0 Å². The molecule has 0 rings (SSSR count). The Morgan fingerprint density at radius 1 is 0.750 bits per heavy atom. The molecule has 0 saturated heterocycles. The summed E-state index contributed by atoms with van der Waals surface area (Å²) in [7, 11) is 0. The molecular weight excluding hydrogens is 272 g/mol. The van der Waals surface area contributed by atoms with Gasteiger partial charge in [0.15, 0.2) is 11.1 Å². The molecule has 0 aromatic heterocycles. The SMILES string of the molecule is CCCCCCCCCCCCOCCCCS(=O)O. The van der Waals surface area contributed by atoms with Crippen LogP contribution in [0.3, 0.4) is 0 Å². The van der Waals surface area contributed by atoms with Gasteiger partial charge in [-0.15, -0.1) is 0 Å². The quantitative estimate of drug-likeness (QED) is 0.325. The van der Waals surface area contributed by atoms with Crippen molar-refractivity contribution in [3.63, 3.8) is 0 Å². The van der Waals surface area contributed by atoms with Gasteiger partial charge in [-0.25, -0.2) is 4.21 Å². The van der Waals surface area contributed by atoms with Crippen LogP contribution in [0.1, 0.15) is 84.0 Å². The molecule has 1 unspecified atom stereocenters. The Kier molecular flexibility index (Phi) is 17.2. The molecule has 0 aliphatic rings. The molecule has 1 N–H and O–H groups in total. The highest BCUT2D eigenvalue weighted by Crippen LogP contribution is 2.10. The summed E-state index contributed by atoms with van der Waals surface area (Å²) in [5.41, 5.74) is 0. The number of hydrogen-bond acceptors (Lipinski definition) is 2. The second-order valence-electron chi connectivity index (χ2n) is 5.53. The summed E-state index contributed by atoms with van der Waals surface area (Å²) in [5, 5.41) is 0. The topological polar surface area (TPSA) is 46.5 Å². The van der Waals surface area contributed by atoms with Gasteiger partial charge in [0, 0.05) is 19.0 Å². The van der Waals surface area contributed by atoms with Crippen molar-refractivity contribution in [2.24, 2.45) is 0 Å². The smallest absolute Gasteiger partial charge is 0.152 e. The first-order chi connectivity index (χ1) is 9.77. The van der Waals surface area contributed by atoms with Crippen molar-refractivity contribution in [1.29, 1.82) is 0 Å². The van der Waals surface area contributed by atoms with Crippen LogP contribution < -0.4 is 0 Å². The van der Waals surface area contributed by atoms with Gasteiger partial charge in [0.1, 0.15) is 0 Å². The van der Waals surface area contributed by atoms with E-state index in [4.69, 9.17) is 9.29 Å². The number of hydrogen-bond donors (Lipinski definition) is 1. The maximum absolute atomic E-state index is 10.4. The van der Waals surface area contributed by atoms with Crippen molar-refractivity contribution in [1.82, 2.24) is 0 Å². The van der Waals surface area contributed by atoms with Crippen LogP contribution in [-0.2, 0) is 15.8 Å². The number of rotatable bonds is 16. The summed E-state index contributed by atoms with van der Waals surface area (Å²) in [4.78, 5) is 0. The summed E-state index contributed by atoms with van der Waals surface area (Å²) in [5.74, 6) is 0.377. The highest BCUT2D eigenvalue weighted by Gasteiger charge is 1.95. The van der Waals surface area contributed by atoms with E-state index in [0.717, 1.165) is 32.5 Å². The normalized spacial score (nSPS) is 12.7. The minimum Gasteiger partial charge on any atom is -0.381 e. The van der Waals surface area contributed by atoms with Gasteiger partial charge in [-0.3, -0.25) is 0 Å². The van der Waals surface area contributed by atoms with Crippen LogP contribution >= 0.6 is 0 Å². The second kappa shape index (κ2) is 17.1. The third kappa shape index (κ3) is 18.1. The van der Waals surface area contributed by atoms with Crippen LogP contribution in [0.15, 0.2) is 0 Å². The van der Waals surface area contributed by atoms with Crippen molar-refractivity contribution in [2.75, 3.05) is 19.0 Å². The molecule has 0 fully saturated rings. The van der Waals surface area contributed by atoms with Gasteiger partial charge in [0.2, 0.25) is 0 Å². The Labute approximate surface area is 128 Å². The van der Waals surface area contributed by atoms with Crippen LogP contribution in [0, 0.1) is 0 Å². The average molecular weight is 307 g/mol. The van der Waals surface area contributed by atoms with Crippen molar-refractivity contribution >= 4 is 11.1 Å². The molecule has 0 spiro atoms. The second-order valence-corrected chi connectivity index (χ2v) is 6.58. The third-order valence-electron chi connectivity index (χ3n) is 3.50. The van der Waals surface area contributed by atoms with E-state index in [0.29, 0.717) is 5.75 Å². The maximum Gasteiger partial charge on any atom is 0.152 e. The van der Waals surface area contributed by atoms with Crippen LogP contribution in [0.5, 0.6) is 0 Å². The molecule has 0 heterocycles. The minimum atomic E-state index is -1.64. The monoisotopic (exact) mass is 306 g/mol. The Hall–Kier alpha value is 0.0700. The van der Waals surface area contributed by atoms with E-state index in [9.17, 15) is 4.21 Å². The third-order valence-corrected chi connectivity index (χ3v) is 4.14. The molecule has 0 aliphatic carbocycles. The largest absolute Gasteiger partial charge is 0.381 e. The predicted octanol–water partition coefficient (Wildman–Crippen LogP) is 4.93. The van der Waals surface area contributed by atoms with Crippen molar-refractivity contribution in [2.45, 2.75) is 84.0 Å². The van der Waals surface area contributed by atoms with Crippen LogP contribution in [0.25, 0.3) is 0 Å². The molecule has 0 aromatic rings. The lowest BCUT2D eigenvalue weighted by atomic mass is 10.1. The van der Waals surface area contributed by atoms with Gasteiger partial charge in [-0.1, -0.05) is 64.7 Å². The fourth-order valence-corrected chi connectivity index (χ4v) is 2.67. The summed E-state index contributed by atoms with van der Waals surface area (Å²) in [6.45, 7) is 3.84. The Balaban J connectivity index is 2.94. The predicted molar refractivity (Wildman–Crippen MR) is 87.5 cm³/mol. The number of unbranched alkanes of at least 4 members (excludes halogenated alkanes) is 10. The lowest BCUT2D eigenvalue weighted by Gasteiger charge is -2.04. The molecule has 0 aliphatic heterocycles. The molecule has 0 saturated carbocycles. The molecule has 1 atom stereocenters. The van der Waals surface area contributed by atoms with Crippen molar-refractivity contribution in [3.8, 4) is 0 Å². The standard InChI is InChI=1S/C16H34O3S/c1-2-3-4-5-6-7-8-9-10-11-14-19-15-12-13-16-20(17)18/h2-16H2,1H3,(H,17,18).